The Morgan fingerprint density at radius 2 is 2.00 bits per heavy atom. The highest BCUT2D eigenvalue weighted by Crippen LogP contribution is 2.28. The lowest BCUT2D eigenvalue weighted by molar-refractivity contribution is 1.19. The van der Waals surface area contributed by atoms with E-state index in [2.05, 4.69) is 33.6 Å². The van der Waals surface area contributed by atoms with E-state index >= 15 is 0 Å². The highest BCUT2D eigenvalue weighted by Gasteiger charge is 2.07. The maximum Gasteiger partial charge on any atom is 0.225 e. The molecular weight excluding hydrogens is 196 g/mol. The molecule has 5 heteroatoms. The van der Waals surface area contributed by atoms with Crippen molar-refractivity contribution in [3.8, 4) is 0 Å². The van der Waals surface area contributed by atoms with E-state index in [0.29, 0.717) is 5.95 Å². The van der Waals surface area contributed by atoms with Crippen LogP contribution in [0.1, 0.15) is 4.88 Å². The van der Waals surface area contributed by atoms with Gasteiger partial charge in [-0.15, -0.1) is 11.3 Å². The number of aromatic nitrogens is 2. The summed E-state index contributed by atoms with van der Waals surface area (Å²) in [4.78, 5) is 11.0. The van der Waals surface area contributed by atoms with E-state index in [9.17, 15) is 0 Å². The third-order valence-electron chi connectivity index (χ3n) is 1.98. The van der Waals surface area contributed by atoms with Gasteiger partial charge >= 0.3 is 0 Å². The molecule has 0 aromatic carbocycles. The first-order chi connectivity index (χ1) is 6.74. The molecule has 4 nitrogen and oxygen atoms in total. The molecule has 0 bridgehead atoms. The summed E-state index contributed by atoms with van der Waals surface area (Å²) in [6.45, 7) is 2.07. The molecule has 0 radical (unpaired) electrons. The van der Waals surface area contributed by atoms with E-state index in [-0.39, 0.29) is 0 Å². The zero-order valence-corrected chi connectivity index (χ0v) is 9.20. The van der Waals surface area contributed by atoms with Gasteiger partial charge < -0.3 is 10.6 Å². The topological polar surface area (TPSA) is 49.8 Å². The predicted octanol–water partition coefficient (Wildman–Crippen LogP) is 2.08. The number of anilines is 2. The molecule has 0 saturated carbocycles. The number of aryl methyl sites for hydroxylation is 1. The van der Waals surface area contributed by atoms with E-state index in [4.69, 9.17) is 0 Å². The van der Waals surface area contributed by atoms with Crippen LogP contribution in [0, 0.1) is 6.92 Å². The maximum absolute atomic E-state index is 4.38. The molecule has 0 unspecified atom stereocenters. The molecule has 0 aliphatic rings. The fraction of sp³-hybridized carbons (Fsp3) is 0.333. The maximum atomic E-state index is 4.38. The molecule has 0 atom stereocenters. The van der Waals surface area contributed by atoms with Crippen molar-refractivity contribution < 1.29 is 0 Å². The fourth-order valence-corrected chi connectivity index (χ4v) is 2.22. The lowest BCUT2D eigenvalue weighted by Crippen LogP contribution is -2.00. The third-order valence-corrected chi connectivity index (χ3v) is 2.92. The van der Waals surface area contributed by atoms with Gasteiger partial charge in [-0.25, -0.2) is 4.98 Å². The van der Waals surface area contributed by atoms with Crippen LogP contribution >= 0.6 is 11.3 Å². The third kappa shape index (κ3) is 1.39. The number of nitrogens with one attached hydrogen (secondary N) is 2. The van der Waals surface area contributed by atoms with Gasteiger partial charge in [-0.3, -0.25) is 0 Å². The molecule has 0 saturated heterocycles. The average Bonchev–Trinajstić information content (AvgIpc) is 2.56. The van der Waals surface area contributed by atoms with Crippen molar-refractivity contribution in [2.24, 2.45) is 0 Å². The molecule has 2 rings (SSSR count). The molecule has 14 heavy (non-hydrogen) atoms. The number of thiophene rings is 1. The van der Waals surface area contributed by atoms with Gasteiger partial charge in [0.2, 0.25) is 5.95 Å². The Kier molecular flexibility index (Phi) is 2.25. The summed E-state index contributed by atoms with van der Waals surface area (Å²) in [6.07, 6.45) is 0. The van der Waals surface area contributed by atoms with Gasteiger partial charge in [-0.2, -0.15) is 4.98 Å². The van der Waals surface area contributed by atoms with Crippen LogP contribution in [0.5, 0.6) is 0 Å². The first-order valence-electron chi connectivity index (χ1n) is 4.38. The van der Waals surface area contributed by atoms with Crippen molar-refractivity contribution in [3.05, 3.63) is 10.9 Å². The summed E-state index contributed by atoms with van der Waals surface area (Å²) in [5.74, 6) is 1.53. The average molecular weight is 208 g/mol. The quantitative estimate of drug-likeness (QED) is 0.793. The monoisotopic (exact) mass is 208 g/mol. The molecule has 0 spiro atoms. The molecule has 0 fully saturated rings. The predicted molar refractivity (Wildman–Crippen MR) is 61.2 cm³/mol. The molecule has 2 aromatic rings. The summed E-state index contributed by atoms with van der Waals surface area (Å²) < 4.78 is 0. The van der Waals surface area contributed by atoms with Crippen molar-refractivity contribution in [2.45, 2.75) is 6.92 Å². The van der Waals surface area contributed by atoms with Crippen LogP contribution < -0.4 is 10.6 Å². The number of hydrogen-bond acceptors (Lipinski definition) is 5. The number of fused-ring (bicyclic) bond motifs is 1. The molecule has 2 N–H and O–H groups in total. The Balaban J connectivity index is 2.72. The summed E-state index contributed by atoms with van der Waals surface area (Å²) in [7, 11) is 3.69. The molecule has 0 aliphatic carbocycles. The summed E-state index contributed by atoms with van der Waals surface area (Å²) in [5, 5.41) is 7.11. The van der Waals surface area contributed by atoms with Crippen molar-refractivity contribution in [1.82, 2.24) is 9.97 Å². The van der Waals surface area contributed by atoms with E-state index in [0.717, 1.165) is 16.0 Å². The van der Waals surface area contributed by atoms with Crippen molar-refractivity contribution in [3.63, 3.8) is 0 Å². The van der Waals surface area contributed by atoms with Gasteiger partial charge in [-0.05, 0) is 13.0 Å². The van der Waals surface area contributed by atoms with Gasteiger partial charge in [0.25, 0.3) is 0 Å². The van der Waals surface area contributed by atoms with Crippen molar-refractivity contribution >= 4 is 33.3 Å². The fourth-order valence-electron chi connectivity index (χ4n) is 1.34. The van der Waals surface area contributed by atoms with Crippen molar-refractivity contribution in [2.75, 3.05) is 24.7 Å². The summed E-state index contributed by atoms with van der Waals surface area (Å²) in [5.41, 5.74) is 0. The zero-order chi connectivity index (χ0) is 10.1. The zero-order valence-electron chi connectivity index (χ0n) is 8.38. The molecule has 2 aromatic heterocycles. The van der Waals surface area contributed by atoms with Gasteiger partial charge in [0.05, 0.1) is 5.39 Å². The second-order valence-electron chi connectivity index (χ2n) is 2.97. The van der Waals surface area contributed by atoms with Crippen LogP contribution in [0.15, 0.2) is 6.07 Å². The lowest BCUT2D eigenvalue weighted by Gasteiger charge is -2.03. The molecule has 2 heterocycles. The first kappa shape index (κ1) is 9.21. The standard InChI is InChI=1S/C9H12N4S/c1-5-4-6-7(10-2)12-9(11-3)13-8(6)14-5/h4H,1-3H3,(H2,10,11,12,13). The highest BCUT2D eigenvalue weighted by atomic mass is 32.1. The number of rotatable bonds is 2. The van der Waals surface area contributed by atoms with Gasteiger partial charge in [0.1, 0.15) is 10.6 Å². The van der Waals surface area contributed by atoms with E-state index in [1.807, 2.05) is 14.1 Å². The Bertz CT molecular complexity index is 463. The minimum atomic E-state index is 0.656. The smallest absolute Gasteiger partial charge is 0.225 e. The van der Waals surface area contributed by atoms with Crippen LogP contribution in [0.25, 0.3) is 10.2 Å². The summed E-state index contributed by atoms with van der Waals surface area (Å²) >= 11 is 1.68. The summed E-state index contributed by atoms with van der Waals surface area (Å²) in [6, 6.07) is 2.10. The lowest BCUT2D eigenvalue weighted by atomic mass is 10.3. The van der Waals surface area contributed by atoms with Crippen LogP contribution in [0.3, 0.4) is 0 Å². The van der Waals surface area contributed by atoms with E-state index in [1.165, 1.54) is 4.88 Å². The minimum Gasteiger partial charge on any atom is -0.372 e. The Morgan fingerprint density at radius 3 is 2.64 bits per heavy atom. The van der Waals surface area contributed by atoms with Gasteiger partial charge in [-0.1, -0.05) is 0 Å². The Morgan fingerprint density at radius 1 is 1.21 bits per heavy atom. The SMILES string of the molecule is CNc1nc(NC)c2cc(C)sc2n1. The van der Waals surface area contributed by atoms with Crippen LogP contribution in [-0.4, -0.2) is 24.1 Å². The van der Waals surface area contributed by atoms with Crippen molar-refractivity contribution in [1.29, 1.82) is 0 Å². The highest BCUT2D eigenvalue weighted by molar-refractivity contribution is 7.18. The normalized spacial score (nSPS) is 10.5. The second kappa shape index (κ2) is 3.42. The van der Waals surface area contributed by atoms with E-state index < -0.39 is 0 Å². The van der Waals surface area contributed by atoms with Gasteiger partial charge in [0.15, 0.2) is 0 Å². The second-order valence-corrected chi connectivity index (χ2v) is 4.21. The minimum absolute atomic E-state index is 0.656. The first-order valence-corrected chi connectivity index (χ1v) is 5.20. The Hall–Kier alpha value is -1.36. The molecule has 0 aliphatic heterocycles. The molecule has 74 valence electrons. The number of hydrogen-bond donors (Lipinski definition) is 2. The van der Waals surface area contributed by atoms with Crippen LogP contribution in [-0.2, 0) is 0 Å². The largest absolute Gasteiger partial charge is 0.372 e. The van der Waals surface area contributed by atoms with Crippen LogP contribution in [0.4, 0.5) is 11.8 Å². The van der Waals surface area contributed by atoms with Gasteiger partial charge in [0, 0.05) is 19.0 Å². The van der Waals surface area contributed by atoms with Crippen LogP contribution in [0.2, 0.25) is 0 Å². The Labute approximate surface area is 86.4 Å². The van der Waals surface area contributed by atoms with E-state index in [1.54, 1.807) is 11.3 Å². The number of nitrogens with zero attached hydrogens (tertiary/aromatic N) is 2. The molecular formula is C9H12N4S. The molecule has 0 amide bonds.